The van der Waals surface area contributed by atoms with Gasteiger partial charge in [-0.25, -0.2) is 0 Å². The van der Waals surface area contributed by atoms with Crippen LogP contribution in [0.25, 0.3) is 0 Å². The van der Waals surface area contributed by atoms with Gasteiger partial charge in [-0.3, -0.25) is 10.1 Å². The van der Waals surface area contributed by atoms with E-state index in [1.165, 1.54) is 6.08 Å². The molecule has 11 heavy (non-hydrogen) atoms. The Morgan fingerprint density at radius 1 is 1.45 bits per heavy atom. The topological polar surface area (TPSA) is 43.1 Å². The summed E-state index contributed by atoms with van der Waals surface area (Å²) in [5.74, 6) is 0. The van der Waals surface area contributed by atoms with Crippen LogP contribution in [0.1, 0.15) is 13.8 Å². The van der Waals surface area contributed by atoms with Crippen molar-refractivity contribution >= 4 is 0 Å². The van der Waals surface area contributed by atoms with E-state index in [4.69, 9.17) is 0 Å². The molecule has 0 fully saturated rings. The second-order valence-corrected chi connectivity index (χ2v) is 2.36. The Balaban J connectivity index is 4.44. The highest BCUT2D eigenvalue weighted by Crippen LogP contribution is 2.08. The maximum Gasteiger partial charge on any atom is 0.262 e. The first-order chi connectivity index (χ1) is 4.95. The largest absolute Gasteiger partial charge is 0.262 e. The molecule has 0 aliphatic carbocycles. The van der Waals surface area contributed by atoms with Crippen molar-refractivity contribution in [3.8, 4) is 0 Å². The van der Waals surface area contributed by atoms with Crippen molar-refractivity contribution in [2.75, 3.05) is 0 Å². The highest BCUT2D eigenvalue weighted by atomic mass is 16.6. The van der Waals surface area contributed by atoms with Crippen LogP contribution in [0.3, 0.4) is 0 Å². The predicted octanol–water partition coefficient (Wildman–Crippen LogP) is 2.30. The van der Waals surface area contributed by atoms with Crippen molar-refractivity contribution in [2.24, 2.45) is 0 Å². The minimum absolute atomic E-state index is 0.106. The van der Waals surface area contributed by atoms with Gasteiger partial charge in [0.15, 0.2) is 0 Å². The lowest BCUT2D eigenvalue weighted by Gasteiger charge is -1.95. The average Bonchev–Trinajstić information content (AvgIpc) is 1.87. The molecule has 0 atom stereocenters. The number of rotatable bonds is 3. The van der Waals surface area contributed by atoms with Gasteiger partial charge in [-0.2, -0.15) is 0 Å². The van der Waals surface area contributed by atoms with Crippen LogP contribution in [0.4, 0.5) is 0 Å². The third-order valence-corrected chi connectivity index (χ3v) is 1.29. The molecule has 0 aliphatic rings. The molecule has 0 heterocycles. The van der Waals surface area contributed by atoms with E-state index in [9.17, 15) is 10.1 Å². The van der Waals surface area contributed by atoms with E-state index in [-0.39, 0.29) is 5.70 Å². The summed E-state index contributed by atoms with van der Waals surface area (Å²) in [5.41, 5.74) is 1.49. The third-order valence-electron chi connectivity index (χ3n) is 1.29. The van der Waals surface area contributed by atoms with E-state index in [0.717, 1.165) is 11.1 Å². The fraction of sp³-hybridized carbons (Fsp3) is 0.250. The zero-order valence-electron chi connectivity index (χ0n) is 6.76. The van der Waals surface area contributed by atoms with Crippen LogP contribution >= 0.6 is 0 Å². The van der Waals surface area contributed by atoms with Gasteiger partial charge < -0.3 is 0 Å². The smallest absolute Gasteiger partial charge is 0.258 e. The summed E-state index contributed by atoms with van der Waals surface area (Å²) < 4.78 is 0. The molecular formula is C8H11NO2. The number of hydrogen-bond acceptors (Lipinski definition) is 2. The predicted molar refractivity (Wildman–Crippen MR) is 44.7 cm³/mol. The van der Waals surface area contributed by atoms with E-state index >= 15 is 0 Å². The molecule has 0 aromatic carbocycles. The molecule has 0 unspecified atom stereocenters. The minimum Gasteiger partial charge on any atom is -0.258 e. The van der Waals surface area contributed by atoms with Gasteiger partial charge in [0.2, 0.25) is 0 Å². The molecular weight excluding hydrogens is 142 g/mol. The van der Waals surface area contributed by atoms with Crippen LogP contribution in [-0.4, -0.2) is 4.92 Å². The Morgan fingerprint density at radius 2 is 1.91 bits per heavy atom. The summed E-state index contributed by atoms with van der Waals surface area (Å²) in [6, 6.07) is 0. The Bertz CT molecular complexity index is 238. The van der Waals surface area contributed by atoms with Crippen molar-refractivity contribution in [3.63, 3.8) is 0 Å². The van der Waals surface area contributed by atoms with Crippen LogP contribution < -0.4 is 0 Å². The van der Waals surface area contributed by atoms with Gasteiger partial charge in [0.1, 0.15) is 0 Å². The molecule has 3 nitrogen and oxygen atoms in total. The molecule has 0 rings (SSSR count). The lowest BCUT2D eigenvalue weighted by Crippen LogP contribution is -1.94. The van der Waals surface area contributed by atoms with E-state index in [2.05, 4.69) is 13.2 Å². The Labute approximate surface area is 65.9 Å². The van der Waals surface area contributed by atoms with E-state index in [0.29, 0.717) is 0 Å². The Kier molecular flexibility index (Phi) is 3.24. The van der Waals surface area contributed by atoms with Gasteiger partial charge >= 0.3 is 0 Å². The van der Waals surface area contributed by atoms with Crippen LogP contribution in [0, 0.1) is 10.1 Å². The second-order valence-electron chi connectivity index (χ2n) is 2.36. The van der Waals surface area contributed by atoms with Crippen LogP contribution in [-0.2, 0) is 0 Å². The fourth-order valence-corrected chi connectivity index (χ4v) is 0.426. The van der Waals surface area contributed by atoms with E-state index < -0.39 is 4.92 Å². The number of hydrogen-bond donors (Lipinski definition) is 0. The molecule has 3 heteroatoms. The van der Waals surface area contributed by atoms with Gasteiger partial charge in [-0.1, -0.05) is 12.2 Å². The fourth-order valence-electron chi connectivity index (χ4n) is 0.426. The van der Waals surface area contributed by atoms with Gasteiger partial charge in [0.25, 0.3) is 5.70 Å². The second kappa shape index (κ2) is 3.71. The molecule has 0 bridgehead atoms. The molecule has 0 aromatic heterocycles. The Morgan fingerprint density at radius 3 is 2.18 bits per heavy atom. The SMILES string of the molecule is C=C(C)/C(C)=C\C(=C)[N+](=O)[O-]. The van der Waals surface area contributed by atoms with Crippen LogP contribution in [0.15, 0.2) is 36.1 Å². The summed E-state index contributed by atoms with van der Waals surface area (Å²) >= 11 is 0. The van der Waals surface area contributed by atoms with Gasteiger partial charge in [0.05, 0.1) is 4.92 Å². The third kappa shape index (κ3) is 3.35. The number of nitro groups is 1. The standard InChI is InChI=1S/C8H11NO2/c1-6(2)7(3)5-8(4)9(10)11/h5H,1,4H2,2-3H3/b7-5-. The first-order valence-electron chi connectivity index (χ1n) is 3.12. The summed E-state index contributed by atoms with van der Waals surface area (Å²) in [4.78, 5) is 9.57. The summed E-state index contributed by atoms with van der Waals surface area (Å²) in [5, 5.41) is 10.1. The van der Waals surface area contributed by atoms with Crippen LogP contribution in [0.2, 0.25) is 0 Å². The Hall–Kier alpha value is -1.38. The van der Waals surface area contributed by atoms with Gasteiger partial charge in [0, 0.05) is 6.08 Å². The molecule has 0 spiro atoms. The molecule has 0 aliphatic heterocycles. The van der Waals surface area contributed by atoms with Crippen molar-refractivity contribution in [1.29, 1.82) is 0 Å². The summed E-state index contributed by atoms with van der Waals surface area (Å²) in [6.45, 7) is 10.4. The first-order valence-corrected chi connectivity index (χ1v) is 3.12. The molecule has 0 aromatic rings. The monoisotopic (exact) mass is 153 g/mol. The lowest BCUT2D eigenvalue weighted by atomic mass is 10.1. The maximum absolute atomic E-state index is 10.1. The lowest BCUT2D eigenvalue weighted by molar-refractivity contribution is -0.418. The van der Waals surface area contributed by atoms with Gasteiger partial charge in [-0.05, 0) is 26.0 Å². The van der Waals surface area contributed by atoms with Crippen molar-refractivity contribution < 1.29 is 4.92 Å². The molecule has 0 amide bonds. The summed E-state index contributed by atoms with van der Waals surface area (Å²) in [7, 11) is 0. The number of nitrogens with zero attached hydrogens (tertiary/aromatic N) is 1. The first kappa shape index (κ1) is 9.62. The maximum atomic E-state index is 10.1. The average molecular weight is 153 g/mol. The van der Waals surface area contributed by atoms with E-state index in [1.807, 2.05) is 0 Å². The zero-order valence-corrected chi connectivity index (χ0v) is 6.76. The van der Waals surface area contributed by atoms with E-state index in [1.54, 1.807) is 13.8 Å². The van der Waals surface area contributed by atoms with Crippen molar-refractivity contribution in [1.82, 2.24) is 0 Å². The number of allylic oxidation sites excluding steroid dienone is 3. The molecule has 0 saturated heterocycles. The van der Waals surface area contributed by atoms with Crippen molar-refractivity contribution in [2.45, 2.75) is 13.8 Å². The molecule has 0 radical (unpaired) electrons. The minimum atomic E-state index is -0.521. The normalized spacial score (nSPS) is 10.9. The molecule has 0 N–H and O–H groups in total. The molecule has 60 valence electrons. The highest BCUT2D eigenvalue weighted by molar-refractivity contribution is 5.28. The van der Waals surface area contributed by atoms with Crippen molar-refractivity contribution in [3.05, 3.63) is 46.2 Å². The van der Waals surface area contributed by atoms with Gasteiger partial charge in [-0.15, -0.1) is 0 Å². The van der Waals surface area contributed by atoms with Crippen LogP contribution in [0.5, 0.6) is 0 Å². The highest BCUT2D eigenvalue weighted by Gasteiger charge is 2.02. The zero-order chi connectivity index (χ0) is 9.02. The summed E-state index contributed by atoms with van der Waals surface area (Å²) in [6.07, 6.45) is 1.41. The molecule has 0 saturated carbocycles. The quantitative estimate of drug-likeness (QED) is 0.354.